The van der Waals surface area contributed by atoms with Crippen LogP contribution in [0.5, 0.6) is 11.5 Å². The van der Waals surface area contributed by atoms with Crippen LogP contribution in [0.25, 0.3) is 6.08 Å². The molecule has 0 bridgehead atoms. The summed E-state index contributed by atoms with van der Waals surface area (Å²) in [5.41, 5.74) is -1.13. The summed E-state index contributed by atoms with van der Waals surface area (Å²) in [7, 11) is 1.28. The normalized spacial score (nSPS) is 13.5. The van der Waals surface area contributed by atoms with Crippen LogP contribution < -0.4 is 14.8 Å². The number of alkyl halides is 3. The fraction of sp³-hybridized carbons (Fsp3) is 0.200. The van der Waals surface area contributed by atoms with Crippen LogP contribution in [0.1, 0.15) is 11.3 Å². The third-order valence-corrected chi connectivity index (χ3v) is 3.77. The van der Waals surface area contributed by atoms with Crippen molar-refractivity contribution in [2.75, 3.05) is 12.1 Å². The molecule has 1 aromatic carbocycles. The highest BCUT2D eigenvalue weighted by Crippen LogP contribution is 2.35. The number of nitrogens with one attached hydrogen (secondary N) is 1. The fourth-order valence-electron chi connectivity index (χ4n) is 2.19. The number of carbonyl (C=O) groups is 1. The van der Waals surface area contributed by atoms with Gasteiger partial charge in [0.15, 0.2) is 17.2 Å². The van der Waals surface area contributed by atoms with E-state index in [1.165, 1.54) is 7.05 Å². The second-order valence-corrected chi connectivity index (χ2v) is 5.42. The molecule has 0 fully saturated rings. The topological polar surface area (TPSA) is 65.4 Å². The number of aryl methyl sites for hydroxylation is 1. The highest BCUT2D eigenvalue weighted by Gasteiger charge is 2.38. The van der Waals surface area contributed by atoms with E-state index < -0.39 is 17.8 Å². The van der Waals surface area contributed by atoms with Gasteiger partial charge in [-0.2, -0.15) is 18.3 Å². The van der Waals surface area contributed by atoms with Gasteiger partial charge < -0.3 is 14.8 Å². The Morgan fingerprint density at radius 2 is 2.08 bits per heavy atom. The molecule has 25 heavy (non-hydrogen) atoms. The van der Waals surface area contributed by atoms with Crippen molar-refractivity contribution in [1.82, 2.24) is 9.78 Å². The Morgan fingerprint density at radius 1 is 1.36 bits per heavy atom. The maximum Gasteiger partial charge on any atom is 0.435 e. The van der Waals surface area contributed by atoms with Crippen LogP contribution in [0, 0.1) is 0 Å². The van der Waals surface area contributed by atoms with Gasteiger partial charge in [0.05, 0.1) is 0 Å². The summed E-state index contributed by atoms with van der Waals surface area (Å²) in [6.07, 6.45) is -2.76. The van der Waals surface area contributed by atoms with Gasteiger partial charge in [-0.15, -0.1) is 0 Å². The van der Waals surface area contributed by atoms with Crippen molar-refractivity contribution in [2.45, 2.75) is 6.18 Å². The fourth-order valence-corrected chi connectivity index (χ4v) is 2.38. The Kier molecular flexibility index (Phi) is 4.34. The molecule has 0 atom stereocenters. The summed E-state index contributed by atoms with van der Waals surface area (Å²) in [4.78, 5) is 11.9. The van der Waals surface area contributed by atoms with Gasteiger partial charge in [-0.25, -0.2) is 0 Å². The van der Waals surface area contributed by atoms with E-state index in [9.17, 15) is 18.0 Å². The smallest absolute Gasteiger partial charge is 0.435 e. The minimum Gasteiger partial charge on any atom is -0.454 e. The number of hydrogen-bond donors (Lipinski definition) is 1. The first-order valence-electron chi connectivity index (χ1n) is 6.94. The summed E-state index contributed by atoms with van der Waals surface area (Å²) in [6, 6.07) is 4.74. The first-order valence-corrected chi connectivity index (χ1v) is 7.32. The van der Waals surface area contributed by atoms with E-state index in [4.69, 9.17) is 21.1 Å². The molecule has 0 saturated heterocycles. The van der Waals surface area contributed by atoms with Crippen molar-refractivity contribution in [2.24, 2.45) is 7.05 Å². The van der Waals surface area contributed by atoms with Crippen LogP contribution in [0.3, 0.4) is 0 Å². The highest BCUT2D eigenvalue weighted by atomic mass is 35.5. The summed E-state index contributed by atoms with van der Waals surface area (Å²) >= 11 is 5.81. The largest absolute Gasteiger partial charge is 0.454 e. The zero-order chi connectivity index (χ0) is 18.2. The summed E-state index contributed by atoms with van der Waals surface area (Å²) in [5, 5.41) is 5.62. The van der Waals surface area contributed by atoms with Gasteiger partial charge in [0.25, 0.3) is 0 Å². The third-order valence-electron chi connectivity index (χ3n) is 3.32. The molecule has 6 nitrogen and oxygen atoms in total. The maximum atomic E-state index is 12.9. The number of rotatable bonds is 3. The predicted molar refractivity (Wildman–Crippen MR) is 83.4 cm³/mol. The number of carbonyl (C=O) groups excluding carboxylic acids is 1. The van der Waals surface area contributed by atoms with Gasteiger partial charge in [0.2, 0.25) is 12.7 Å². The molecular weight excluding hydrogens is 363 g/mol. The highest BCUT2D eigenvalue weighted by molar-refractivity contribution is 6.31. The summed E-state index contributed by atoms with van der Waals surface area (Å²) < 4.78 is 50.0. The van der Waals surface area contributed by atoms with E-state index in [0.717, 1.165) is 16.8 Å². The van der Waals surface area contributed by atoms with Gasteiger partial charge in [-0.3, -0.25) is 9.48 Å². The van der Waals surface area contributed by atoms with Crippen LogP contribution in [0.2, 0.25) is 5.15 Å². The number of hydrogen-bond acceptors (Lipinski definition) is 4. The van der Waals surface area contributed by atoms with Crippen LogP contribution in [-0.2, 0) is 18.0 Å². The minimum absolute atomic E-state index is 0.0896. The monoisotopic (exact) mass is 373 g/mol. The zero-order valence-corrected chi connectivity index (χ0v) is 13.5. The molecule has 132 valence electrons. The van der Waals surface area contributed by atoms with Gasteiger partial charge in [0, 0.05) is 30.4 Å². The first-order chi connectivity index (χ1) is 11.8. The lowest BCUT2D eigenvalue weighted by Crippen LogP contribution is -2.09. The lowest BCUT2D eigenvalue weighted by molar-refractivity contribution is -0.141. The van der Waals surface area contributed by atoms with Gasteiger partial charge in [0.1, 0.15) is 5.15 Å². The Labute approximate surface area is 144 Å². The lowest BCUT2D eigenvalue weighted by Gasteiger charge is -2.04. The van der Waals surface area contributed by atoms with Crippen molar-refractivity contribution >= 4 is 29.3 Å². The quantitative estimate of drug-likeness (QED) is 0.837. The summed E-state index contributed by atoms with van der Waals surface area (Å²) in [6.45, 7) is 0.0896. The molecule has 1 N–H and O–H groups in total. The van der Waals surface area contributed by atoms with Crippen LogP contribution in [-0.4, -0.2) is 22.5 Å². The zero-order valence-electron chi connectivity index (χ0n) is 12.7. The molecule has 1 aromatic heterocycles. The molecule has 0 aliphatic carbocycles. The standard InChI is InChI=1S/C15H11ClF3N3O3/c1-22-14(16)9(13(21-22)15(17,18)19)3-5-12(23)20-8-2-4-10-11(6-8)25-7-24-10/h2-6H,7H2,1H3,(H,20,23). The van der Waals surface area contributed by atoms with E-state index in [2.05, 4.69) is 10.4 Å². The summed E-state index contributed by atoms with van der Waals surface area (Å²) in [5.74, 6) is 0.383. The molecule has 2 aromatic rings. The SMILES string of the molecule is Cn1nc(C(F)(F)F)c(C=CC(=O)Nc2ccc3c(c2)OCO3)c1Cl. The van der Waals surface area contributed by atoms with Crippen molar-refractivity contribution < 1.29 is 27.4 Å². The molecule has 0 unspecified atom stereocenters. The van der Waals surface area contributed by atoms with Crippen molar-refractivity contribution in [1.29, 1.82) is 0 Å². The number of amides is 1. The maximum absolute atomic E-state index is 12.9. The Balaban J connectivity index is 1.77. The number of anilines is 1. The molecular formula is C15H11ClF3N3O3. The third kappa shape index (κ3) is 3.55. The van der Waals surface area contributed by atoms with Crippen molar-refractivity contribution in [3.63, 3.8) is 0 Å². The minimum atomic E-state index is -4.68. The molecule has 3 rings (SSSR count). The van der Waals surface area contributed by atoms with E-state index in [-0.39, 0.29) is 17.5 Å². The molecule has 0 radical (unpaired) electrons. The van der Waals surface area contributed by atoms with Crippen LogP contribution >= 0.6 is 11.6 Å². The Morgan fingerprint density at radius 3 is 2.80 bits per heavy atom. The number of ether oxygens (including phenoxy) is 2. The predicted octanol–water partition coefficient (Wildman–Crippen LogP) is 3.47. The number of fused-ring (bicyclic) bond motifs is 1. The second-order valence-electron chi connectivity index (χ2n) is 5.07. The average molecular weight is 374 g/mol. The van der Waals surface area contributed by atoms with E-state index in [0.29, 0.717) is 17.2 Å². The molecule has 1 aliphatic rings. The van der Waals surface area contributed by atoms with Crippen LogP contribution in [0.15, 0.2) is 24.3 Å². The molecule has 0 saturated carbocycles. The second kappa shape index (κ2) is 6.32. The average Bonchev–Trinajstić information content (AvgIpc) is 3.10. The Bertz CT molecular complexity index is 862. The molecule has 1 aliphatic heterocycles. The van der Waals surface area contributed by atoms with E-state index in [1.54, 1.807) is 18.2 Å². The van der Waals surface area contributed by atoms with Gasteiger partial charge in [-0.05, 0) is 18.2 Å². The molecule has 2 heterocycles. The number of halogens is 4. The lowest BCUT2D eigenvalue weighted by atomic mass is 10.2. The first kappa shape index (κ1) is 17.2. The molecule has 0 spiro atoms. The van der Waals surface area contributed by atoms with E-state index in [1.807, 2.05) is 0 Å². The van der Waals surface area contributed by atoms with Crippen molar-refractivity contribution in [3.8, 4) is 11.5 Å². The van der Waals surface area contributed by atoms with Gasteiger partial charge in [-0.1, -0.05) is 11.6 Å². The Hall–Kier alpha value is -2.68. The number of benzene rings is 1. The number of aromatic nitrogens is 2. The van der Waals surface area contributed by atoms with Crippen molar-refractivity contribution in [3.05, 3.63) is 40.7 Å². The van der Waals surface area contributed by atoms with Crippen LogP contribution in [0.4, 0.5) is 18.9 Å². The van der Waals surface area contributed by atoms with E-state index >= 15 is 0 Å². The number of nitrogens with zero attached hydrogens (tertiary/aromatic N) is 2. The molecule has 1 amide bonds. The van der Waals surface area contributed by atoms with Gasteiger partial charge >= 0.3 is 6.18 Å². The molecule has 10 heteroatoms.